The van der Waals surface area contributed by atoms with E-state index in [0.717, 1.165) is 33.4 Å². The van der Waals surface area contributed by atoms with Crippen LogP contribution in [-0.4, -0.2) is 139 Å². The van der Waals surface area contributed by atoms with Crippen molar-refractivity contribution < 1.29 is 89.2 Å². The number of hydrogen-bond donors (Lipinski definition) is 4. The van der Waals surface area contributed by atoms with E-state index in [9.17, 15) is 23.7 Å². The fraction of sp³-hybridized carbons (Fsp3) is 0.377. The number of methoxy groups -OCH3 is 4. The van der Waals surface area contributed by atoms with Crippen molar-refractivity contribution in [3.63, 3.8) is 0 Å². The number of phosphoric acid groups is 2. The minimum absolute atomic E-state index is 0. The molecule has 0 aromatic heterocycles. The van der Waals surface area contributed by atoms with E-state index >= 15 is 0 Å². The van der Waals surface area contributed by atoms with Crippen molar-refractivity contribution in [1.82, 2.24) is 6.15 Å². The highest BCUT2D eigenvalue weighted by molar-refractivity contribution is 7.80. The van der Waals surface area contributed by atoms with Crippen molar-refractivity contribution in [3.05, 3.63) is 191 Å². The van der Waals surface area contributed by atoms with Gasteiger partial charge in [0.1, 0.15) is 86.5 Å². The first kappa shape index (κ1) is 69.9. The second-order valence-corrected chi connectivity index (χ2v) is 23.4. The van der Waals surface area contributed by atoms with E-state index in [1.165, 1.54) is 6.92 Å². The van der Waals surface area contributed by atoms with Crippen LogP contribution in [0, 0.1) is 0 Å². The molecule has 26 heteroatoms. The Hall–Kier alpha value is -6.17. The van der Waals surface area contributed by atoms with E-state index in [-0.39, 0.29) is 24.5 Å². The van der Waals surface area contributed by atoms with Crippen LogP contribution in [-0.2, 0) is 71.6 Å². The van der Waals surface area contributed by atoms with Crippen molar-refractivity contribution >= 4 is 54.7 Å². The van der Waals surface area contributed by atoms with Crippen LogP contribution in [0.5, 0.6) is 23.0 Å². The maximum Gasteiger partial charge on any atom is 0.472 e. The monoisotopic (exact) mass is 1250 g/mol. The molecule has 10 atom stereocenters. The first-order valence-electron chi connectivity index (χ1n) is 27.3. The van der Waals surface area contributed by atoms with Gasteiger partial charge in [-0.3, -0.25) is 22.9 Å². The summed E-state index contributed by atoms with van der Waals surface area (Å²) >= 11 is 4.92. The minimum atomic E-state index is -4.61. The van der Waals surface area contributed by atoms with Gasteiger partial charge in [0.2, 0.25) is 0 Å². The van der Waals surface area contributed by atoms with Crippen LogP contribution in [0.3, 0.4) is 0 Å². The summed E-state index contributed by atoms with van der Waals surface area (Å²) in [7, 11) is 9.58. The molecule has 6 aromatic rings. The summed E-state index contributed by atoms with van der Waals surface area (Å²) in [6, 6.07) is 46.8. The Labute approximate surface area is 515 Å². The van der Waals surface area contributed by atoms with E-state index in [0.29, 0.717) is 23.0 Å². The van der Waals surface area contributed by atoms with Crippen molar-refractivity contribution in [1.29, 1.82) is 0 Å². The summed E-state index contributed by atoms with van der Waals surface area (Å²) in [5, 5.41) is -0.327. The molecule has 2 fully saturated rings. The van der Waals surface area contributed by atoms with Gasteiger partial charge in [0.05, 0.1) is 65.9 Å². The third-order valence-corrected chi connectivity index (χ3v) is 16.2. The number of phosphoric ester groups is 2. The zero-order valence-electron chi connectivity index (χ0n) is 49.8. The topological polar surface area (TPSA) is 282 Å². The van der Waals surface area contributed by atoms with Gasteiger partial charge in [0.25, 0.3) is 5.17 Å². The average Bonchev–Trinajstić information content (AvgIpc) is 1.28. The summed E-state index contributed by atoms with van der Waals surface area (Å²) < 4.78 is 105. The van der Waals surface area contributed by atoms with Gasteiger partial charge < -0.3 is 69.0 Å². The Morgan fingerprint density at radius 3 is 1.05 bits per heavy atom. The molecule has 2 aliphatic heterocycles. The zero-order chi connectivity index (χ0) is 62.4. The second-order valence-electron chi connectivity index (χ2n) is 20.3. The number of carbonyl (C=O) groups is 1. The molecule has 4 unspecified atom stereocenters. The van der Waals surface area contributed by atoms with Gasteiger partial charge >= 0.3 is 21.6 Å². The molecule has 2 heterocycles. The van der Waals surface area contributed by atoms with Crippen molar-refractivity contribution in [3.8, 4) is 23.0 Å². The fourth-order valence-electron chi connectivity index (χ4n) is 10.1. The van der Waals surface area contributed by atoms with Gasteiger partial charge in [-0.1, -0.05) is 109 Å². The first-order valence-corrected chi connectivity index (χ1v) is 30.7. The molecule has 0 saturated carbocycles. The van der Waals surface area contributed by atoms with Crippen LogP contribution in [0.4, 0.5) is 0 Å². The summed E-state index contributed by atoms with van der Waals surface area (Å²) in [4.78, 5) is 32.9. The third kappa shape index (κ3) is 17.6. The highest BCUT2D eigenvalue weighted by Crippen LogP contribution is 2.51. The summed E-state index contributed by atoms with van der Waals surface area (Å²) in [6.07, 6.45) is -8.08. The summed E-state index contributed by atoms with van der Waals surface area (Å²) in [5.41, 5.74) is 7.89. The third-order valence-electron chi connectivity index (χ3n) is 13.7. The van der Waals surface area contributed by atoms with Crippen LogP contribution in [0.1, 0.15) is 68.0 Å². The van der Waals surface area contributed by atoms with Crippen molar-refractivity contribution in [2.45, 2.75) is 107 Å². The maximum absolute atomic E-state index is 12.9. The average molecular weight is 1250 g/mol. The molecular weight excluding hydrogens is 1180 g/mol. The molecule has 4 radical (unpaired) electrons. The van der Waals surface area contributed by atoms with Gasteiger partial charge in [-0.2, -0.15) is 0 Å². The number of hydrogen-bond acceptors (Lipinski definition) is 19. The lowest BCUT2D eigenvalue weighted by molar-refractivity contribution is -0.151. The highest BCUT2D eigenvalue weighted by atomic mass is 32.1. The Balaban J connectivity index is 0.000000275. The Morgan fingerprint density at radius 1 is 0.517 bits per heavy atom. The van der Waals surface area contributed by atoms with Crippen LogP contribution in [0.15, 0.2) is 158 Å². The highest BCUT2D eigenvalue weighted by Gasteiger charge is 2.52. The van der Waals surface area contributed by atoms with Crippen LogP contribution >= 0.6 is 27.9 Å². The Kier molecular flexibility index (Phi) is 25.2. The van der Waals surface area contributed by atoms with Crippen molar-refractivity contribution in [2.75, 3.05) is 41.7 Å². The second kappa shape index (κ2) is 31.3. The van der Waals surface area contributed by atoms with E-state index in [4.69, 9.17) is 99.1 Å². The lowest BCUT2D eigenvalue weighted by atomic mass is 9.80. The molecular formula is C61H74B2N2O19P2S. The molecule has 2 saturated heterocycles. The maximum atomic E-state index is 12.9. The lowest BCUT2D eigenvalue weighted by Gasteiger charge is -2.37. The van der Waals surface area contributed by atoms with Crippen LogP contribution in [0.2, 0.25) is 0 Å². The number of esters is 1. The number of rotatable bonds is 26. The lowest BCUT2D eigenvalue weighted by Crippen LogP contribution is -2.43. The molecule has 6 aromatic carbocycles. The fourth-order valence-corrected chi connectivity index (χ4v) is 12.5. The SMILES string of the molecule is N.[B][C@@H]1O[C@H](COC(c2ccccc2)(c2ccc(OC)cc2)c2ccc(OC)cc2)[C@H](OP(=O)(O)OC(C)C)C1OC(C)=O.[B][C@@H]1O[C@H](COC(c2ccccc2)(c2ccc(OC)cc2)c2ccc(OC)cc2)[C@H](OP(=O)(O)OC(C)C)C1OC(N)=S. The number of thiocarbonyl (C=S) groups is 1. The molecule has 8 rings (SSSR count). The Bertz CT molecular complexity index is 2910. The molecule has 0 bridgehead atoms. The largest absolute Gasteiger partial charge is 0.497 e. The molecule has 21 nitrogen and oxygen atoms in total. The van der Waals surface area contributed by atoms with E-state index in [2.05, 4.69) is 0 Å². The van der Waals surface area contributed by atoms with Gasteiger partial charge in [-0.15, -0.1) is 0 Å². The van der Waals surface area contributed by atoms with Crippen LogP contribution in [0.25, 0.3) is 0 Å². The quantitative estimate of drug-likeness (QED) is 0.0129. The normalized spacial score (nSPS) is 21.5. The zero-order valence-corrected chi connectivity index (χ0v) is 52.4. The molecule has 0 spiro atoms. The first-order chi connectivity index (χ1) is 41.0. The molecule has 464 valence electrons. The van der Waals surface area contributed by atoms with E-state index in [1.54, 1.807) is 56.1 Å². The molecule has 7 N–H and O–H groups in total. The van der Waals surface area contributed by atoms with Gasteiger partial charge in [0, 0.05) is 6.92 Å². The van der Waals surface area contributed by atoms with Crippen molar-refractivity contribution in [2.24, 2.45) is 5.73 Å². The van der Waals surface area contributed by atoms with E-state index < -0.39 is 93.7 Å². The van der Waals surface area contributed by atoms with Crippen LogP contribution < -0.4 is 30.8 Å². The number of nitrogens with two attached hydrogens (primary N) is 1. The van der Waals surface area contributed by atoms with Gasteiger partial charge in [-0.05, 0) is 122 Å². The number of carbonyl (C=O) groups excluding carboxylic acids is 1. The predicted octanol–water partition coefficient (Wildman–Crippen LogP) is 9.36. The smallest absolute Gasteiger partial charge is 0.472 e. The standard InChI is InChI=1S/C31H36BO10P.C30H35BNO9PS.H3N/c1-20(2)41-43(34,35)42-28-27(40-30(32)29(28)39-21(3)33)19-38-31(22-9-7-6-8-10-22,23-11-15-25(36-4)16-12-23)24-13-17-26(37-5)18-14-24;1-19(2)40-42(33,34)41-26-25(38-28(31)27(26)39-29(32)43)18-37-30(20-8-6-5-7-9-20,21-10-14-23(35-3)15-11-21)22-12-16-24(36-4)17-13-22;/h6-18,20,27-30H,19H2,1-5H3,(H,34,35);5-17,19,25-28H,18H2,1-4H3,(H2,32,43)(H,33,34);1H3/t27-,28+,29?,30-;25-,26+,27?,28-;/m11./s1. The molecule has 0 amide bonds. The number of benzene rings is 6. The van der Waals surface area contributed by atoms with Gasteiger partial charge in [0.15, 0.2) is 0 Å². The molecule has 87 heavy (non-hydrogen) atoms. The van der Waals surface area contributed by atoms with E-state index in [1.807, 2.05) is 158 Å². The predicted molar refractivity (Wildman–Crippen MR) is 329 cm³/mol. The molecule has 2 aliphatic rings. The Morgan fingerprint density at radius 2 is 0.793 bits per heavy atom. The minimum Gasteiger partial charge on any atom is -0.497 e. The number of ether oxygens (including phenoxy) is 10. The molecule has 0 aliphatic carbocycles. The summed E-state index contributed by atoms with van der Waals surface area (Å²) in [5.74, 6) is 1.99. The van der Waals surface area contributed by atoms with Gasteiger partial charge in [-0.25, -0.2) is 9.13 Å². The summed E-state index contributed by atoms with van der Waals surface area (Å²) in [6.45, 7) is 7.23.